The minimum atomic E-state index is 0.311. The Morgan fingerprint density at radius 2 is 1.94 bits per heavy atom. The molecule has 0 spiro atoms. The zero-order valence-corrected chi connectivity index (χ0v) is 9.74. The summed E-state index contributed by atoms with van der Waals surface area (Å²) in [4.78, 5) is 0. The fraction of sp³-hybridized carbons (Fsp3) is 0.538. The van der Waals surface area contributed by atoms with Gasteiger partial charge < -0.3 is 14.8 Å². The maximum absolute atomic E-state index is 5.99. The molecule has 1 aliphatic rings. The van der Waals surface area contributed by atoms with Crippen molar-refractivity contribution in [1.82, 2.24) is 5.32 Å². The summed E-state index contributed by atoms with van der Waals surface area (Å²) in [6.07, 6.45) is 3.68. The number of rotatable bonds is 3. The summed E-state index contributed by atoms with van der Waals surface area (Å²) in [5.74, 6) is 1.68. The second-order valence-corrected chi connectivity index (χ2v) is 4.07. The lowest BCUT2D eigenvalue weighted by molar-refractivity contribution is 0.180. The van der Waals surface area contributed by atoms with E-state index in [1.807, 2.05) is 24.3 Å². The van der Waals surface area contributed by atoms with E-state index in [4.69, 9.17) is 9.47 Å². The Balaban J connectivity index is 2.01. The van der Waals surface area contributed by atoms with Crippen molar-refractivity contribution in [2.75, 3.05) is 20.2 Å². The molecule has 0 amide bonds. The van der Waals surface area contributed by atoms with Crippen molar-refractivity contribution in [2.45, 2.75) is 25.4 Å². The molecule has 1 atom stereocenters. The van der Waals surface area contributed by atoms with Gasteiger partial charge in [0.1, 0.15) is 6.10 Å². The molecular weight excluding hydrogens is 202 g/mol. The van der Waals surface area contributed by atoms with Crippen LogP contribution in [0.15, 0.2) is 24.3 Å². The Morgan fingerprint density at radius 3 is 2.75 bits per heavy atom. The van der Waals surface area contributed by atoms with Crippen LogP contribution in [0.25, 0.3) is 0 Å². The highest BCUT2D eigenvalue weighted by atomic mass is 16.5. The van der Waals surface area contributed by atoms with Gasteiger partial charge in [-0.3, -0.25) is 0 Å². The number of benzene rings is 1. The second-order valence-electron chi connectivity index (χ2n) is 4.07. The summed E-state index contributed by atoms with van der Waals surface area (Å²) < 4.78 is 11.3. The number of hydrogen-bond donors (Lipinski definition) is 1. The Kier molecular flexibility index (Phi) is 4.05. The van der Waals surface area contributed by atoms with Crippen LogP contribution in [0.5, 0.6) is 11.5 Å². The third kappa shape index (κ3) is 2.89. The Hall–Kier alpha value is -1.22. The molecule has 1 aromatic rings. The molecule has 0 radical (unpaired) electrons. The largest absolute Gasteiger partial charge is 0.493 e. The average Bonchev–Trinajstić information content (AvgIpc) is 2.58. The summed E-state index contributed by atoms with van der Waals surface area (Å²) in [5, 5.41) is 3.38. The highest BCUT2D eigenvalue weighted by molar-refractivity contribution is 5.39. The summed E-state index contributed by atoms with van der Waals surface area (Å²) in [6, 6.07) is 7.84. The van der Waals surface area contributed by atoms with Gasteiger partial charge in [0.2, 0.25) is 0 Å². The van der Waals surface area contributed by atoms with Gasteiger partial charge in [0.25, 0.3) is 0 Å². The minimum absolute atomic E-state index is 0.311. The van der Waals surface area contributed by atoms with Crippen LogP contribution in [0, 0.1) is 0 Å². The van der Waals surface area contributed by atoms with E-state index in [0.717, 1.165) is 37.4 Å². The van der Waals surface area contributed by atoms with Crippen molar-refractivity contribution in [1.29, 1.82) is 0 Å². The lowest BCUT2D eigenvalue weighted by Crippen LogP contribution is -2.19. The van der Waals surface area contributed by atoms with Crippen molar-refractivity contribution < 1.29 is 9.47 Å². The molecule has 0 bridgehead atoms. The van der Waals surface area contributed by atoms with Gasteiger partial charge >= 0.3 is 0 Å². The molecule has 0 aromatic heterocycles. The zero-order valence-electron chi connectivity index (χ0n) is 9.74. The van der Waals surface area contributed by atoms with Gasteiger partial charge in [-0.15, -0.1) is 0 Å². The fourth-order valence-electron chi connectivity index (χ4n) is 2.00. The molecule has 1 fully saturated rings. The Bertz CT molecular complexity index is 319. The molecule has 2 rings (SSSR count). The monoisotopic (exact) mass is 221 g/mol. The molecule has 3 nitrogen and oxygen atoms in total. The first-order valence-corrected chi connectivity index (χ1v) is 5.90. The SMILES string of the molecule is COc1ccccc1OC1CCCNCC1. The molecule has 1 N–H and O–H groups in total. The fourth-order valence-corrected chi connectivity index (χ4v) is 2.00. The predicted octanol–water partition coefficient (Wildman–Crippen LogP) is 2.22. The number of hydrogen-bond acceptors (Lipinski definition) is 3. The van der Waals surface area contributed by atoms with E-state index in [-0.39, 0.29) is 0 Å². The molecule has 0 saturated carbocycles. The molecule has 88 valence electrons. The average molecular weight is 221 g/mol. The van der Waals surface area contributed by atoms with E-state index in [9.17, 15) is 0 Å². The molecule has 1 heterocycles. The molecule has 3 heteroatoms. The number of methoxy groups -OCH3 is 1. The highest BCUT2D eigenvalue weighted by Gasteiger charge is 2.14. The molecule has 16 heavy (non-hydrogen) atoms. The van der Waals surface area contributed by atoms with Gasteiger partial charge in [0.15, 0.2) is 11.5 Å². The first-order chi connectivity index (χ1) is 7.90. The standard InChI is InChI=1S/C13H19NO2/c1-15-12-6-2-3-7-13(12)16-11-5-4-9-14-10-8-11/h2-3,6-7,11,14H,4-5,8-10H2,1H3. The first-order valence-electron chi connectivity index (χ1n) is 5.90. The molecule has 1 saturated heterocycles. The van der Waals surface area contributed by atoms with Gasteiger partial charge in [-0.1, -0.05) is 12.1 Å². The van der Waals surface area contributed by atoms with Gasteiger partial charge in [-0.2, -0.15) is 0 Å². The molecule has 1 unspecified atom stereocenters. The van der Waals surface area contributed by atoms with E-state index in [0.29, 0.717) is 6.10 Å². The van der Waals surface area contributed by atoms with E-state index >= 15 is 0 Å². The van der Waals surface area contributed by atoms with Crippen molar-refractivity contribution >= 4 is 0 Å². The van der Waals surface area contributed by atoms with Crippen LogP contribution in [-0.4, -0.2) is 26.3 Å². The molecule has 1 aliphatic heterocycles. The molecule has 1 aromatic carbocycles. The van der Waals surface area contributed by atoms with Gasteiger partial charge in [0.05, 0.1) is 7.11 Å². The van der Waals surface area contributed by atoms with Gasteiger partial charge in [0, 0.05) is 0 Å². The van der Waals surface area contributed by atoms with Crippen LogP contribution >= 0.6 is 0 Å². The van der Waals surface area contributed by atoms with Crippen LogP contribution in [0.2, 0.25) is 0 Å². The highest BCUT2D eigenvalue weighted by Crippen LogP contribution is 2.28. The first kappa shape index (κ1) is 11.3. The number of nitrogens with one attached hydrogen (secondary N) is 1. The van der Waals surface area contributed by atoms with E-state index in [1.165, 1.54) is 6.42 Å². The zero-order chi connectivity index (χ0) is 11.2. The number of ether oxygens (including phenoxy) is 2. The topological polar surface area (TPSA) is 30.5 Å². The van der Waals surface area contributed by atoms with Crippen LogP contribution in [0.1, 0.15) is 19.3 Å². The van der Waals surface area contributed by atoms with Crippen molar-refractivity contribution in [3.8, 4) is 11.5 Å². The summed E-state index contributed by atoms with van der Waals surface area (Å²) in [5.41, 5.74) is 0. The van der Waals surface area contributed by atoms with Crippen molar-refractivity contribution in [3.05, 3.63) is 24.3 Å². The van der Waals surface area contributed by atoms with Gasteiger partial charge in [-0.05, 0) is 44.5 Å². The third-order valence-electron chi connectivity index (χ3n) is 2.89. The summed E-state index contributed by atoms with van der Waals surface area (Å²) in [7, 11) is 1.68. The predicted molar refractivity (Wildman–Crippen MR) is 64.1 cm³/mol. The van der Waals surface area contributed by atoms with Crippen molar-refractivity contribution in [2.24, 2.45) is 0 Å². The quantitative estimate of drug-likeness (QED) is 0.849. The summed E-state index contributed by atoms with van der Waals surface area (Å²) in [6.45, 7) is 2.14. The Morgan fingerprint density at radius 1 is 1.12 bits per heavy atom. The van der Waals surface area contributed by atoms with Crippen LogP contribution < -0.4 is 14.8 Å². The van der Waals surface area contributed by atoms with Crippen LogP contribution in [0.3, 0.4) is 0 Å². The van der Waals surface area contributed by atoms with Crippen LogP contribution in [-0.2, 0) is 0 Å². The minimum Gasteiger partial charge on any atom is -0.493 e. The van der Waals surface area contributed by atoms with E-state index < -0.39 is 0 Å². The number of para-hydroxylation sites is 2. The normalized spacial score (nSPS) is 21.2. The third-order valence-corrected chi connectivity index (χ3v) is 2.89. The maximum Gasteiger partial charge on any atom is 0.161 e. The lowest BCUT2D eigenvalue weighted by atomic mass is 10.1. The summed E-state index contributed by atoms with van der Waals surface area (Å²) >= 11 is 0. The maximum atomic E-state index is 5.99. The van der Waals surface area contributed by atoms with E-state index in [1.54, 1.807) is 7.11 Å². The molecule has 0 aliphatic carbocycles. The lowest BCUT2D eigenvalue weighted by Gasteiger charge is -2.18. The molecular formula is C13H19NO2. The van der Waals surface area contributed by atoms with E-state index in [2.05, 4.69) is 5.32 Å². The smallest absolute Gasteiger partial charge is 0.161 e. The van der Waals surface area contributed by atoms with Crippen LogP contribution in [0.4, 0.5) is 0 Å². The second kappa shape index (κ2) is 5.75. The van der Waals surface area contributed by atoms with Gasteiger partial charge in [-0.25, -0.2) is 0 Å². The Labute approximate surface area is 96.8 Å². The van der Waals surface area contributed by atoms with Crippen molar-refractivity contribution in [3.63, 3.8) is 0 Å².